The van der Waals surface area contributed by atoms with Crippen molar-refractivity contribution in [3.05, 3.63) is 83.3 Å². The fourth-order valence-corrected chi connectivity index (χ4v) is 2.84. The number of aromatic amines is 1. The van der Waals surface area contributed by atoms with Crippen molar-refractivity contribution in [3.63, 3.8) is 0 Å². The number of nitrogens with one attached hydrogen (secondary N) is 2. The van der Waals surface area contributed by atoms with Crippen LogP contribution in [0.3, 0.4) is 0 Å². The standard InChI is InChI=1S/C22H19ClFN3O2/c1-13(23)6-4-7-14(2)25-22(28)15-10-11-17-18(12-15)27-21(26-17)20-16(24)8-5-9-19(20)29-3/h4-12H,1H2,2-3H3,(H,25,28)(H,26,27)/b6-4-,14-7+. The van der Waals surface area contributed by atoms with Crippen LogP contribution in [0, 0.1) is 5.82 Å². The van der Waals surface area contributed by atoms with E-state index in [1.165, 1.54) is 13.2 Å². The minimum atomic E-state index is -0.449. The number of H-pyrrole nitrogens is 1. The largest absolute Gasteiger partial charge is 0.496 e. The molecule has 0 saturated heterocycles. The minimum Gasteiger partial charge on any atom is -0.496 e. The zero-order valence-corrected chi connectivity index (χ0v) is 16.7. The van der Waals surface area contributed by atoms with E-state index in [4.69, 9.17) is 16.3 Å². The van der Waals surface area contributed by atoms with Crippen molar-refractivity contribution in [3.8, 4) is 17.1 Å². The molecule has 1 amide bonds. The molecule has 29 heavy (non-hydrogen) atoms. The van der Waals surface area contributed by atoms with E-state index >= 15 is 0 Å². The number of benzene rings is 2. The van der Waals surface area contributed by atoms with Gasteiger partial charge in [-0.25, -0.2) is 9.37 Å². The predicted octanol–water partition coefficient (Wildman–Crippen LogP) is 5.32. The van der Waals surface area contributed by atoms with Crippen molar-refractivity contribution < 1.29 is 13.9 Å². The van der Waals surface area contributed by atoms with Crippen LogP contribution >= 0.6 is 11.6 Å². The molecule has 0 unspecified atom stereocenters. The smallest absolute Gasteiger partial charge is 0.255 e. The molecule has 0 aliphatic carbocycles. The number of nitrogens with zero attached hydrogens (tertiary/aromatic N) is 1. The molecule has 3 rings (SSSR count). The second-order valence-corrected chi connectivity index (χ2v) is 6.73. The van der Waals surface area contributed by atoms with E-state index in [0.717, 1.165) is 0 Å². The van der Waals surface area contributed by atoms with Gasteiger partial charge < -0.3 is 15.0 Å². The second-order valence-electron chi connectivity index (χ2n) is 6.24. The number of hydrogen-bond donors (Lipinski definition) is 2. The van der Waals surface area contributed by atoms with Gasteiger partial charge in [-0.15, -0.1) is 0 Å². The van der Waals surface area contributed by atoms with E-state index in [2.05, 4.69) is 21.9 Å². The average Bonchev–Trinajstić information content (AvgIpc) is 3.09. The summed E-state index contributed by atoms with van der Waals surface area (Å²) in [7, 11) is 1.47. The normalized spacial score (nSPS) is 11.8. The number of imidazole rings is 1. The molecule has 0 atom stereocenters. The molecule has 1 heterocycles. The van der Waals surface area contributed by atoms with Gasteiger partial charge in [0.1, 0.15) is 17.4 Å². The number of carbonyl (C=O) groups is 1. The highest BCUT2D eigenvalue weighted by Crippen LogP contribution is 2.31. The number of carbonyl (C=O) groups excluding carboxylic acids is 1. The minimum absolute atomic E-state index is 0.239. The van der Waals surface area contributed by atoms with E-state index in [1.54, 1.807) is 55.5 Å². The summed E-state index contributed by atoms with van der Waals surface area (Å²) < 4.78 is 19.6. The fraction of sp³-hybridized carbons (Fsp3) is 0.0909. The molecule has 2 aromatic carbocycles. The number of amides is 1. The summed E-state index contributed by atoms with van der Waals surface area (Å²) in [5.41, 5.74) is 2.54. The Balaban J connectivity index is 1.88. The third-order valence-electron chi connectivity index (χ3n) is 4.11. The molecule has 0 bridgehead atoms. The molecular weight excluding hydrogens is 393 g/mol. The van der Waals surface area contributed by atoms with Crippen molar-refractivity contribution in [2.24, 2.45) is 0 Å². The van der Waals surface area contributed by atoms with E-state index in [0.29, 0.717) is 38.9 Å². The SMILES string of the molecule is C=C(Cl)/C=C\C=C(/C)NC(=O)c1ccc2nc(-c3c(F)cccc3OC)[nH]c2c1. The lowest BCUT2D eigenvalue weighted by molar-refractivity contribution is 0.0966. The van der Waals surface area contributed by atoms with Crippen LogP contribution in [0.15, 0.2) is 71.9 Å². The van der Waals surface area contributed by atoms with Crippen LogP contribution in [-0.4, -0.2) is 23.0 Å². The third-order valence-corrected chi connectivity index (χ3v) is 4.24. The van der Waals surface area contributed by atoms with Gasteiger partial charge in [0.2, 0.25) is 0 Å². The summed E-state index contributed by atoms with van der Waals surface area (Å²) in [5.74, 6) is -0.0290. The zero-order chi connectivity index (χ0) is 21.0. The highest BCUT2D eigenvalue weighted by molar-refractivity contribution is 6.30. The Kier molecular flexibility index (Phi) is 6.14. The number of rotatable bonds is 6. The summed E-state index contributed by atoms with van der Waals surface area (Å²) in [5, 5.41) is 3.18. The molecule has 0 fully saturated rings. The van der Waals surface area contributed by atoms with E-state index < -0.39 is 5.82 Å². The third kappa shape index (κ3) is 4.73. The monoisotopic (exact) mass is 411 g/mol. The summed E-state index contributed by atoms with van der Waals surface area (Å²) in [6.07, 6.45) is 5.02. The first-order valence-corrected chi connectivity index (χ1v) is 9.10. The number of halogens is 2. The molecule has 0 spiro atoms. The van der Waals surface area contributed by atoms with E-state index in [-0.39, 0.29) is 11.5 Å². The molecular formula is C22H19ClFN3O2. The Morgan fingerprint density at radius 3 is 2.86 bits per heavy atom. The lowest BCUT2D eigenvalue weighted by Crippen LogP contribution is -2.21. The first kappa shape index (κ1) is 20.4. The maximum absolute atomic E-state index is 14.3. The van der Waals surface area contributed by atoms with Gasteiger partial charge in [-0.1, -0.05) is 30.3 Å². The van der Waals surface area contributed by atoms with Crippen molar-refractivity contribution in [2.75, 3.05) is 7.11 Å². The van der Waals surface area contributed by atoms with E-state index in [1.807, 2.05) is 0 Å². The first-order valence-electron chi connectivity index (χ1n) is 8.72. The van der Waals surface area contributed by atoms with Crippen LogP contribution in [0.2, 0.25) is 0 Å². The van der Waals surface area contributed by atoms with Gasteiger partial charge in [-0.05, 0) is 49.4 Å². The fourth-order valence-electron chi connectivity index (χ4n) is 2.76. The van der Waals surface area contributed by atoms with Crippen molar-refractivity contribution in [1.29, 1.82) is 0 Å². The Labute approximate surface area is 172 Å². The molecule has 1 aromatic heterocycles. The number of fused-ring (bicyclic) bond motifs is 1. The topological polar surface area (TPSA) is 67.0 Å². The van der Waals surface area contributed by atoms with Crippen LogP contribution in [0.25, 0.3) is 22.4 Å². The lowest BCUT2D eigenvalue weighted by atomic mass is 10.2. The van der Waals surface area contributed by atoms with Gasteiger partial charge in [0.25, 0.3) is 5.91 Å². The van der Waals surface area contributed by atoms with Gasteiger partial charge in [0.05, 0.1) is 23.7 Å². The van der Waals surface area contributed by atoms with E-state index in [9.17, 15) is 9.18 Å². The van der Waals surface area contributed by atoms with Gasteiger partial charge in [-0.3, -0.25) is 4.79 Å². The maximum Gasteiger partial charge on any atom is 0.255 e. The quantitative estimate of drug-likeness (QED) is 0.539. The van der Waals surface area contributed by atoms with Crippen LogP contribution in [0.1, 0.15) is 17.3 Å². The van der Waals surface area contributed by atoms with Gasteiger partial charge in [-0.2, -0.15) is 0 Å². The first-order chi connectivity index (χ1) is 13.9. The summed E-state index contributed by atoms with van der Waals surface area (Å²) >= 11 is 5.65. The van der Waals surface area contributed by atoms with Crippen molar-refractivity contribution >= 4 is 28.5 Å². The Bertz CT molecular complexity index is 1150. The number of hydrogen-bond acceptors (Lipinski definition) is 3. The number of methoxy groups -OCH3 is 1. The molecule has 2 N–H and O–H groups in total. The van der Waals surface area contributed by atoms with Crippen LogP contribution in [0.4, 0.5) is 4.39 Å². The Morgan fingerprint density at radius 1 is 1.34 bits per heavy atom. The Hall–Kier alpha value is -3.38. The molecule has 148 valence electrons. The second kappa shape index (κ2) is 8.75. The maximum atomic E-state index is 14.3. The highest BCUT2D eigenvalue weighted by atomic mass is 35.5. The molecule has 0 saturated carbocycles. The highest BCUT2D eigenvalue weighted by Gasteiger charge is 2.16. The summed E-state index contributed by atoms with van der Waals surface area (Å²) in [4.78, 5) is 20.0. The summed E-state index contributed by atoms with van der Waals surface area (Å²) in [6.45, 7) is 5.31. The molecule has 3 aromatic rings. The zero-order valence-electron chi connectivity index (χ0n) is 15.9. The number of aromatic nitrogens is 2. The molecule has 0 aliphatic heterocycles. The van der Waals surface area contributed by atoms with Gasteiger partial charge in [0, 0.05) is 16.3 Å². The lowest BCUT2D eigenvalue weighted by Gasteiger charge is -2.06. The molecule has 5 nitrogen and oxygen atoms in total. The molecule has 0 radical (unpaired) electrons. The van der Waals surface area contributed by atoms with Crippen molar-refractivity contribution in [1.82, 2.24) is 15.3 Å². The van der Waals surface area contributed by atoms with Gasteiger partial charge >= 0.3 is 0 Å². The van der Waals surface area contributed by atoms with Crippen LogP contribution < -0.4 is 10.1 Å². The summed E-state index contributed by atoms with van der Waals surface area (Å²) in [6, 6.07) is 9.59. The average molecular weight is 412 g/mol. The number of allylic oxidation sites excluding steroid dienone is 5. The van der Waals surface area contributed by atoms with Gasteiger partial charge in [0.15, 0.2) is 0 Å². The molecule has 0 aliphatic rings. The predicted molar refractivity (Wildman–Crippen MR) is 113 cm³/mol. The van der Waals surface area contributed by atoms with Crippen molar-refractivity contribution in [2.45, 2.75) is 6.92 Å². The molecule has 7 heteroatoms. The van der Waals surface area contributed by atoms with Crippen LogP contribution in [0.5, 0.6) is 5.75 Å². The number of ether oxygens (including phenoxy) is 1. The Morgan fingerprint density at radius 2 is 2.14 bits per heavy atom. The van der Waals surface area contributed by atoms with Crippen LogP contribution in [-0.2, 0) is 0 Å².